The first-order chi connectivity index (χ1) is 7.61. The Morgan fingerprint density at radius 3 is 2.56 bits per heavy atom. The quantitative estimate of drug-likeness (QED) is 0.736. The fraction of sp³-hybridized carbons (Fsp3) is 0.250. The van der Waals surface area contributed by atoms with E-state index in [9.17, 15) is 9.18 Å². The van der Waals surface area contributed by atoms with Crippen LogP contribution in [0.3, 0.4) is 0 Å². The fourth-order valence-corrected chi connectivity index (χ4v) is 1.32. The van der Waals surface area contributed by atoms with Crippen LogP contribution < -0.4 is 0 Å². The molecular formula is C12H13FO3. The molecule has 3 nitrogen and oxygen atoms in total. The molecule has 0 unspecified atom stereocenters. The fourth-order valence-electron chi connectivity index (χ4n) is 1.32. The Balaban J connectivity index is 3.13. The number of esters is 1. The molecule has 0 radical (unpaired) electrons. The number of methoxy groups -OCH3 is 2. The van der Waals surface area contributed by atoms with Crippen molar-refractivity contribution in [3.8, 4) is 0 Å². The summed E-state index contributed by atoms with van der Waals surface area (Å²) in [7, 11) is 2.70. The van der Waals surface area contributed by atoms with Crippen molar-refractivity contribution in [2.45, 2.75) is 0 Å². The average Bonchev–Trinajstić information content (AvgIpc) is 2.28. The van der Waals surface area contributed by atoms with Gasteiger partial charge in [-0.2, -0.15) is 0 Å². The van der Waals surface area contributed by atoms with Gasteiger partial charge in [-0.3, -0.25) is 0 Å². The number of benzene rings is 1. The zero-order valence-corrected chi connectivity index (χ0v) is 9.25. The van der Waals surface area contributed by atoms with Crippen molar-refractivity contribution in [1.29, 1.82) is 0 Å². The molecule has 0 saturated heterocycles. The van der Waals surface area contributed by atoms with Gasteiger partial charge in [0.25, 0.3) is 0 Å². The lowest BCUT2D eigenvalue weighted by atomic mass is 10.0. The SMILES string of the molecule is C=C(COC)c1cccc(C(=O)OC)c1F. The highest BCUT2D eigenvalue weighted by Gasteiger charge is 2.16. The van der Waals surface area contributed by atoms with E-state index in [1.54, 1.807) is 12.1 Å². The summed E-state index contributed by atoms with van der Waals surface area (Å²) in [5.41, 5.74) is 0.646. The van der Waals surface area contributed by atoms with Crippen molar-refractivity contribution in [2.75, 3.05) is 20.8 Å². The van der Waals surface area contributed by atoms with Gasteiger partial charge >= 0.3 is 5.97 Å². The number of rotatable bonds is 4. The second-order valence-electron chi connectivity index (χ2n) is 3.20. The molecule has 0 aliphatic carbocycles. The molecule has 0 aromatic heterocycles. The third-order valence-corrected chi connectivity index (χ3v) is 2.10. The molecule has 0 fully saturated rings. The highest BCUT2D eigenvalue weighted by atomic mass is 19.1. The zero-order chi connectivity index (χ0) is 12.1. The van der Waals surface area contributed by atoms with E-state index < -0.39 is 11.8 Å². The summed E-state index contributed by atoms with van der Waals surface area (Å²) in [6, 6.07) is 4.49. The molecule has 86 valence electrons. The molecule has 1 rings (SSSR count). The lowest BCUT2D eigenvalue weighted by Crippen LogP contribution is -2.07. The van der Waals surface area contributed by atoms with Crippen LogP contribution in [0, 0.1) is 5.82 Å². The molecule has 0 spiro atoms. The Morgan fingerprint density at radius 2 is 2.00 bits per heavy atom. The van der Waals surface area contributed by atoms with Gasteiger partial charge < -0.3 is 9.47 Å². The molecule has 4 heteroatoms. The molecule has 0 atom stereocenters. The normalized spacial score (nSPS) is 9.94. The van der Waals surface area contributed by atoms with Gasteiger partial charge in [0.1, 0.15) is 5.82 Å². The third kappa shape index (κ3) is 2.46. The molecule has 0 bridgehead atoms. The van der Waals surface area contributed by atoms with Crippen LogP contribution in [0.2, 0.25) is 0 Å². The van der Waals surface area contributed by atoms with Gasteiger partial charge in [0, 0.05) is 12.7 Å². The first kappa shape index (κ1) is 12.4. The second kappa shape index (κ2) is 5.42. The van der Waals surface area contributed by atoms with Gasteiger partial charge in [-0.15, -0.1) is 0 Å². The first-order valence-electron chi connectivity index (χ1n) is 4.65. The summed E-state index contributed by atoms with van der Waals surface area (Å²) in [6.07, 6.45) is 0. The molecule has 0 aliphatic heterocycles. The number of halogens is 1. The van der Waals surface area contributed by atoms with E-state index in [1.807, 2.05) is 0 Å². The van der Waals surface area contributed by atoms with Crippen molar-refractivity contribution in [2.24, 2.45) is 0 Å². The van der Waals surface area contributed by atoms with Crippen LogP contribution in [0.25, 0.3) is 5.57 Å². The number of hydrogen-bond acceptors (Lipinski definition) is 3. The van der Waals surface area contributed by atoms with E-state index in [1.165, 1.54) is 20.3 Å². The van der Waals surface area contributed by atoms with E-state index in [-0.39, 0.29) is 17.7 Å². The van der Waals surface area contributed by atoms with E-state index in [4.69, 9.17) is 4.74 Å². The van der Waals surface area contributed by atoms with Crippen LogP contribution in [0.5, 0.6) is 0 Å². The van der Waals surface area contributed by atoms with E-state index in [0.29, 0.717) is 5.57 Å². The van der Waals surface area contributed by atoms with Crippen molar-refractivity contribution < 1.29 is 18.7 Å². The maximum atomic E-state index is 13.9. The lowest BCUT2D eigenvalue weighted by molar-refractivity contribution is 0.0595. The van der Waals surface area contributed by atoms with Gasteiger partial charge in [0.15, 0.2) is 0 Å². The van der Waals surface area contributed by atoms with Crippen LogP contribution >= 0.6 is 0 Å². The number of hydrogen-bond donors (Lipinski definition) is 0. The van der Waals surface area contributed by atoms with Crippen molar-refractivity contribution in [3.63, 3.8) is 0 Å². The maximum Gasteiger partial charge on any atom is 0.340 e. The van der Waals surface area contributed by atoms with Gasteiger partial charge in [0.2, 0.25) is 0 Å². The van der Waals surface area contributed by atoms with Gasteiger partial charge in [-0.25, -0.2) is 9.18 Å². The summed E-state index contributed by atoms with van der Waals surface area (Å²) in [4.78, 5) is 11.2. The standard InChI is InChI=1S/C12H13FO3/c1-8(7-15-2)9-5-4-6-10(11(9)13)12(14)16-3/h4-6H,1,7H2,2-3H3. The third-order valence-electron chi connectivity index (χ3n) is 2.10. The topological polar surface area (TPSA) is 35.5 Å². The molecule has 0 aliphatic rings. The van der Waals surface area contributed by atoms with Crippen LogP contribution in [0.4, 0.5) is 4.39 Å². The minimum atomic E-state index is -0.704. The van der Waals surface area contributed by atoms with E-state index in [0.717, 1.165) is 0 Å². The molecule has 0 N–H and O–H groups in total. The molecule has 0 heterocycles. The minimum absolute atomic E-state index is 0.0998. The van der Waals surface area contributed by atoms with Crippen LogP contribution in [-0.2, 0) is 9.47 Å². The predicted octanol–water partition coefficient (Wildman–Crippen LogP) is 2.27. The van der Waals surface area contributed by atoms with Crippen LogP contribution in [0.15, 0.2) is 24.8 Å². The Kier molecular flexibility index (Phi) is 4.19. The smallest absolute Gasteiger partial charge is 0.340 e. The monoisotopic (exact) mass is 224 g/mol. The Labute approximate surface area is 93.5 Å². The van der Waals surface area contributed by atoms with Gasteiger partial charge in [-0.1, -0.05) is 18.7 Å². The maximum absolute atomic E-state index is 13.9. The number of carbonyl (C=O) groups excluding carboxylic acids is 1. The highest BCUT2D eigenvalue weighted by Crippen LogP contribution is 2.20. The summed E-state index contributed by atoms with van der Waals surface area (Å²) in [5.74, 6) is -1.33. The first-order valence-corrected chi connectivity index (χ1v) is 4.65. The Morgan fingerprint density at radius 1 is 1.38 bits per heavy atom. The van der Waals surface area contributed by atoms with Crippen molar-refractivity contribution in [1.82, 2.24) is 0 Å². The van der Waals surface area contributed by atoms with Crippen LogP contribution in [-0.4, -0.2) is 26.8 Å². The summed E-state index contributed by atoms with van der Waals surface area (Å²) in [5, 5.41) is 0. The molecule has 1 aromatic carbocycles. The zero-order valence-electron chi connectivity index (χ0n) is 9.25. The minimum Gasteiger partial charge on any atom is -0.465 e. The predicted molar refractivity (Wildman–Crippen MR) is 58.6 cm³/mol. The lowest BCUT2D eigenvalue weighted by Gasteiger charge is -2.08. The largest absolute Gasteiger partial charge is 0.465 e. The Bertz CT molecular complexity index is 413. The molecule has 16 heavy (non-hydrogen) atoms. The number of ether oxygens (including phenoxy) is 2. The van der Waals surface area contributed by atoms with Gasteiger partial charge in [0.05, 0.1) is 19.3 Å². The van der Waals surface area contributed by atoms with E-state index in [2.05, 4.69) is 11.3 Å². The molecule has 0 saturated carbocycles. The molecular weight excluding hydrogens is 211 g/mol. The van der Waals surface area contributed by atoms with Gasteiger partial charge in [-0.05, 0) is 11.6 Å². The van der Waals surface area contributed by atoms with Crippen molar-refractivity contribution >= 4 is 11.5 Å². The molecule has 1 aromatic rings. The number of carbonyl (C=O) groups is 1. The Hall–Kier alpha value is -1.68. The second-order valence-corrected chi connectivity index (χ2v) is 3.20. The summed E-state index contributed by atoms with van der Waals surface area (Å²) >= 11 is 0. The van der Waals surface area contributed by atoms with Crippen LogP contribution in [0.1, 0.15) is 15.9 Å². The summed E-state index contributed by atoms with van der Waals surface area (Å²) in [6.45, 7) is 3.89. The van der Waals surface area contributed by atoms with E-state index >= 15 is 0 Å². The highest BCUT2D eigenvalue weighted by molar-refractivity contribution is 5.90. The summed E-state index contributed by atoms with van der Waals surface area (Å²) < 4.78 is 23.2. The molecule has 0 amide bonds. The van der Waals surface area contributed by atoms with Crippen molar-refractivity contribution in [3.05, 3.63) is 41.7 Å². The average molecular weight is 224 g/mol.